The van der Waals surface area contributed by atoms with Crippen LogP contribution in [0.3, 0.4) is 0 Å². The third kappa shape index (κ3) is 1.86. The zero-order chi connectivity index (χ0) is 7.40. The number of hydrogen-bond donors (Lipinski definition) is 0. The third-order valence-corrected chi connectivity index (χ3v) is 2.76. The van der Waals surface area contributed by atoms with Crippen LogP contribution in [0.5, 0.6) is 0 Å². The average molecular weight is 138 g/mol. The van der Waals surface area contributed by atoms with Crippen molar-refractivity contribution in [3.8, 4) is 0 Å². The van der Waals surface area contributed by atoms with Gasteiger partial charge >= 0.3 is 0 Å². The quantitative estimate of drug-likeness (QED) is 0.513. The average Bonchev–Trinajstić information content (AvgIpc) is 1.94. The van der Waals surface area contributed by atoms with Gasteiger partial charge in [-0.1, -0.05) is 32.3 Å². The Bertz CT molecular complexity index is 105. The second-order valence-electron chi connectivity index (χ2n) is 3.55. The first-order valence-electron chi connectivity index (χ1n) is 4.45. The SMILES string of the molecule is C=CCC1CCCC[C@@H]1C. The van der Waals surface area contributed by atoms with Gasteiger partial charge in [0.25, 0.3) is 0 Å². The summed E-state index contributed by atoms with van der Waals surface area (Å²) in [5.41, 5.74) is 0. The molecule has 1 saturated carbocycles. The molecule has 0 N–H and O–H groups in total. The van der Waals surface area contributed by atoms with E-state index in [4.69, 9.17) is 0 Å². The molecule has 0 bridgehead atoms. The maximum Gasteiger partial charge on any atom is -0.0322 e. The van der Waals surface area contributed by atoms with Crippen molar-refractivity contribution in [1.82, 2.24) is 0 Å². The van der Waals surface area contributed by atoms with Crippen LogP contribution in [0.1, 0.15) is 39.0 Å². The molecule has 0 heterocycles. The molecule has 0 aromatic rings. The molecule has 1 aliphatic carbocycles. The highest BCUT2D eigenvalue weighted by molar-refractivity contribution is 4.79. The van der Waals surface area contributed by atoms with Gasteiger partial charge in [0.15, 0.2) is 0 Å². The van der Waals surface area contributed by atoms with E-state index in [9.17, 15) is 0 Å². The largest absolute Gasteiger partial charge is 0.103 e. The second-order valence-corrected chi connectivity index (χ2v) is 3.55. The summed E-state index contributed by atoms with van der Waals surface area (Å²) in [5.74, 6) is 1.90. The fourth-order valence-corrected chi connectivity index (χ4v) is 1.96. The predicted octanol–water partition coefficient (Wildman–Crippen LogP) is 3.39. The van der Waals surface area contributed by atoms with E-state index in [0.717, 1.165) is 11.8 Å². The molecule has 0 heteroatoms. The minimum Gasteiger partial charge on any atom is -0.103 e. The molecule has 0 nitrogen and oxygen atoms in total. The van der Waals surface area contributed by atoms with Crippen LogP contribution in [0.2, 0.25) is 0 Å². The number of allylic oxidation sites excluding steroid dienone is 1. The van der Waals surface area contributed by atoms with Gasteiger partial charge in [-0.15, -0.1) is 6.58 Å². The monoisotopic (exact) mass is 138 g/mol. The first-order chi connectivity index (χ1) is 4.84. The number of hydrogen-bond acceptors (Lipinski definition) is 0. The molecular formula is C10H18. The van der Waals surface area contributed by atoms with Crippen LogP contribution in [0.15, 0.2) is 12.7 Å². The molecule has 0 spiro atoms. The van der Waals surface area contributed by atoms with Gasteiger partial charge in [-0.05, 0) is 24.7 Å². The summed E-state index contributed by atoms with van der Waals surface area (Å²) in [4.78, 5) is 0. The van der Waals surface area contributed by atoms with Gasteiger partial charge in [-0.3, -0.25) is 0 Å². The van der Waals surface area contributed by atoms with E-state index < -0.39 is 0 Å². The van der Waals surface area contributed by atoms with E-state index in [-0.39, 0.29) is 0 Å². The Hall–Kier alpha value is -0.260. The van der Waals surface area contributed by atoms with Gasteiger partial charge in [0.05, 0.1) is 0 Å². The molecule has 0 aromatic carbocycles. The first kappa shape index (κ1) is 7.84. The van der Waals surface area contributed by atoms with E-state index in [1.54, 1.807) is 0 Å². The van der Waals surface area contributed by atoms with Crippen LogP contribution >= 0.6 is 0 Å². The first-order valence-corrected chi connectivity index (χ1v) is 4.45. The van der Waals surface area contributed by atoms with E-state index in [2.05, 4.69) is 19.6 Å². The van der Waals surface area contributed by atoms with Crippen LogP contribution < -0.4 is 0 Å². The Kier molecular flexibility index (Phi) is 2.98. The van der Waals surface area contributed by atoms with Gasteiger partial charge in [0.2, 0.25) is 0 Å². The predicted molar refractivity (Wildman–Crippen MR) is 45.9 cm³/mol. The molecule has 0 saturated heterocycles. The Morgan fingerprint density at radius 2 is 2.10 bits per heavy atom. The summed E-state index contributed by atoms with van der Waals surface area (Å²) in [7, 11) is 0. The molecule has 1 unspecified atom stereocenters. The van der Waals surface area contributed by atoms with Crippen molar-refractivity contribution in [2.45, 2.75) is 39.0 Å². The van der Waals surface area contributed by atoms with E-state index >= 15 is 0 Å². The lowest BCUT2D eigenvalue weighted by molar-refractivity contribution is 0.258. The Morgan fingerprint density at radius 3 is 2.70 bits per heavy atom. The molecule has 10 heavy (non-hydrogen) atoms. The molecule has 1 aliphatic rings. The van der Waals surface area contributed by atoms with Crippen molar-refractivity contribution in [2.75, 3.05) is 0 Å². The third-order valence-electron chi connectivity index (χ3n) is 2.76. The molecule has 0 aromatic heterocycles. The summed E-state index contributed by atoms with van der Waals surface area (Å²) in [6, 6.07) is 0. The highest BCUT2D eigenvalue weighted by Gasteiger charge is 2.19. The van der Waals surface area contributed by atoms with E-state index in [1.807, 2.05) is 0 Å². The van der Waals surface area contributed by atoms with Crippen molar-refractivity contribution in [3.63, 3.8) is 0 Å². The summed E-state index contributed by atoms with van der Waals surface area (Å²) < 4.78 is 0. The molecule has 0 radical (unpaired) electrons. The Morgan fingerprint density at radius 1 is 1.40 bits per heavy atom. The maximum atomic E-state index is 3.79. The van der Waals surface area contributed by atoms with Crippen molar-refractivity contribution in [2.24, 2.45) is 11.8 Å². The zero-order valence-electron chi connectivity index (χ0n) is 6.97. The standard InChI is InChI=1S/C10H18/c1-3-6-10-8-5-4-7-9(10)2/h3,9-10H,1,4-8H2,2H3/t9-,10?/m0/s1. The lowest BCUT2D eigenvalue weighted by atomic mass is 9.79. The molecule has 0 aliphatic heterocycles. The lowest BCUT2D eigenvalue weighted by Gasteiger charge is -2.27. The summed E-state index contributed by atoms with van der Waals surface area (Å²) in [6.07, 6.45) is 9.09. The van der Waals surface area contributed by atoms with Crippen molar-refractivity contribution in [3.05, 3.63) is 12.7 Å². The van der Waals surface area contributed by atoms with Gasteiger partial charge < -0.3 is 0 Å². The summed E-state index contributed by atoms with van der Waals surface area (Å²) in [5, 5.41) is 0. The minimum absolute atomic E-state index is 0.950. The zero-order valence-corrected chi connectivity index (χ0v) is 6.97. The summed E-state index contributed by atoms with van der Waals surface area (Å²) >= 11 is 0. The minimum atomic E-state index is 0.950. The van der Waals surface area contributed by atoms with Crippen LogP contribution in [-0.2, 0) is 0 Å². The van der Waals surface area contributed by atoms with Gasteiger partial charge in [-0.2, -0.15) is 0 Å². The van der Waals surface area contributed by atoms with Gasteiger partial charge in [0, 0.05) is 0 Å². The van der Waals surface area contributed by atoms with Crippen LogP contribution in [-0.4, -0.2) is 0 Å². The smallest absolute Gasteiger partial charge is 0.0322 e. The fraction of sp³-hybridized carbons (Fsp3) is 0.800. The van der Waals surface area contributed by atoms with Crippen LogP contribution in [0.25, 0.3) is 0 Å². The van der Waals surface area contributed by atoms with Crippen molar-refractivity contribution in [1.29, 1.82) is 0 Å². The number of rotatable bonds is 2. The normalized spacial score (nSPS) is 33.7. The Balaban J connectivity index is 2.32. The molecular weight excluding hydrogens is 120 g/mol. The highest BCUT2D eigenvalue weighted by Crippen LogP contribution is 2.31. The lowest BCUT2D eigenvalue weighted by Crippen LogP contribution is -2.15. The summed E-state index contributed by atoms with van der Waals surface area (Å²) in [6.45, 7) is 6.17. The van der Waals surface area contributed by atoms with E-state index in [0.29, 0.717) is 0 Å². The second kappa shape index (κ2) is 3.80. The van der Waals surface area contributed by atoms with Gasteiger partial charge in [0.1, 0.15) is 0 Å². The van der Waals surface area contributed by atoms with E-state index in [1.165, 1.54) is 32.1 Å². The highest BCUT2D eigenvalue weighted by atomic mass is 14.2. The van der Waals surface area contributed by atoms with Crippen molar-refractivity contribution >= 4 is 0 Å². The van der Waals surface area contributed by atoms with Gasteiger partial charge in [-0.25, -0.2) is 0 Å². The molecule has 1 rings (SSSR count). The molecule has 0 amide bonds. The fourth-order valence-electron chi connectivity index (χ4n) is 1.96. The molecule has 58 valence electrons. The molecule has 1 fully saturated rings. The topological polar surface area (TPSA) is 0 Å². The maximum absolute atomic E-state index is 3.79. The van der Waals surface area contributed by atoms with Crippen LogP contribution in [0.4, 0.5) is 0 Å². The Labute approximate surface area is 64.3 Å². The van der Waals surface area contributed by atoms with Crippen LogP contribution in [0, 0.1) is 11.8 Å². The van der Waals surface area contributed by atoms with Crippen molar-refractivity contribution < 1.29 is 0 Å². The molecule has 2 atom stereocenters.